The van der Waals surface area contributed by atoms with Gasteiger partial charge in [0.15, 0.2) is 0 Å². The summed E-state index contributed by atoms with van der Waals surface area (Å²) in [5.41, 5.74) is 0. The van der Waals surface area contributed by atoms with Gasteiger partial charge in [0.25, 0.3) is 0 Å². The highest BCUT2D eigenvalue weighted by molar-refractivity contribution is 6.51. The molecule has 0 unspecified atom stereocenters. The van der Waals surface area contributed by atoms with Crippen molar-refractivity contribution in [3.05, 3.63) is 6.92 Å². The van der Waals surface area contributed by atoms with Crippen molar-refractivity contribution in [2.75, 3.05) is 0 Å². The summed E-state index contributed by atoms with van der Waals surface area (Å²) in [6.07, 6.45) is 0. The lowest BCUT2D eigenvalue weighted by Gasteiger charge is -1.93. The number of nitrogens with zero attached hydrogens (tertiary/aromatic N) is 1. The van der Waals surface area contributed by atoms with E-state index >= 15 is 0 Å². The molecule has 0 fully saturated rings. The van der Waals surface area contributed by atoms with Crippen LogP contribution in [0, 0.1) is 18.3 Å². The molecule has 33 valence electrons. The first-order valence-corrected chi connectivity index (χ1v) is 1.96. The molecular formula is C3H2Cl2N. The summed E-state index contributed by atoms with van der Waals surface area (Å²) in [6.45, 7) is 3.06. The van der Waals surface area contributed by atoms with Crippen LogP contribution in [0.15, 0.2) is 0 Å². The van der Waals surface area contributed by atoms with E-state index in [1.807, 2.05) is 0 Å². The zero-order valence-electron chi connectivity index (χ0n) is 2.91. The van der Waals surface area contributed by atoms with Crippen LogP contribution in [0.4, 0.5) is 0 Å². The number of hydrogen-bond donors (Lipinski definition) is 0. The topological polar surface area (TPSA) is 23.8 Å². The second-order valence-electron chi connectivity index (χ2n) is 0.816. The molecule has 0 heterocycles. The normalized spacial score (nSPS) is 10.3. The third kappa shape index (κ3) is 4.07. The van der Waals surface area contributed by atoms with Gasteiger partial charge in [0.1, 0.15) is 6.07 Å². The zero-order chi connectivity index (χ0) is 5.21. The molecule has 0 aromatic heterocycles. The number of rotatable bonds is 0. The van der Waals surface area contributed by atoms with E-state index in [1.165, 1.54) is 6.07 Å². The van der Waals surface area contributed by atoms with Crippen molar-refractivity contribution in [2.45, 2.75) is 4.33 Å². The van der Waals surface area contributed by atoms with Crippen LogP contribution < -0.4 is 0 Å². The molecule has 0 aliphatic rings. The molecule has 0 spiro atoms. The Morgan fingerprint density at radius 3 is 1.83 bits per heavy atom. The molecule has 0 bridgehead atoms. The molecule has 0 aliphatic heterocycles. The van der Waals surface area contributed by atoms with E-state index in [9.17, 15) is 0 Å². The molecule has 0 aromatic rings. The molecule has 0 aromatic carbocycles. The molecule has 0 aliphatic carbocycles. The van der Waals surface area contributed by atoms with Gasteiger partial charge >= 0.3 is 0 Å². The summed E-state index contributed by atoms with van der Waals surface area (Å²) >= 11 is 10.0. The Kier molecular flexibility index (Phi) is 1.70. The van der Waals surface area contributed by atoms with E-state index in [0.717, 1.165) is 0 Å². The Balaban J connectivity index is 3.55. The monoisotopic (exact) mass is 122 g/mol. The Morgan fingerprint density at radius 2 is 1.83 bits per heavy atom. The van der Waals surface area contributed by atoms with Crippen molar-refractivity contribution in [3.63, 3.8) is 0 Å². The first-order valence-electron chi connectivity index (χ1n) is 1.21. The Labute approximate surface area is 46.5 Å². The van der Waals surface area contributed by atoms with Crippen molar-refractivity contribution < 1.29 is 0 Å². The molecule has 0 N–H and O–H groups in total. The molecule has 0 atom stereocenters. The molecular weight excluding hydrogens is 121 g/mol. The highest BCUT2D eigenvalue weighted by Gasteiger charge is 2.12. The van der Waals surface area contributed by atoms with Crippen molar-refractivity contribution in [1.29, 1.82) is 5.26 Å². The van der Waals surface area contributed by atoms with E-state index in [2.05, 4.69) is 6.92 Å². The highest BCUT2D eigenvalue weighted by Crippen LogP contribution is 2.15. The lowest BCUT2D eigenvalue weighted by molar-refractivity contribution is 1.26. The van der Waals surface area contributed by atoms with Crippen molar-refractivity contribution in [3.8, 4) is 6.07 Å². The van der Waals surface area contributed by atoms with Gasteiger partial charge in [-0.2, -0.15) is 5.26 Å². The zero-order valence-corrected chi connectivity index (χ0v) is 4.42. The lowest BCUT2D eigenvalue weighted by Crippen LogP contribution is -1.98. The van der Waals surface area contributed by atoms with E-state index in [4.69, 9.17) is 28.5 Å². The van der Waals surface area contributed by atoms with Gasteiger partial charge in [-0.25, -0.2) is 0 Å². The summed E-state index contributed by atoms with van der Waals surface area (Å²) in [6, 6.07) is 1.52. The fourth-order valence-corrected chi connectivity index (χ4v) is 0. The van der Waals surface area contributed by atoms with Gasteiger partial charge in [-0.1, -0.05) is 23.2 Å². The third-order valence-corrected chi connectivity index (χ3v) is 0.333. The molecule has 0 rings (SSSR count). The number of alkyl halides is 2. The summed E-state index contributed by atoms with van der Waals surface area (Å²) in [5, 5.41) is 7.83. The van der Waals surface area contributed by atoms with Gasteiger partial charge in [0, 0.05) is 0 Å². The van der Waals surface area contributed by atoms with Gasteiger partial charge in [-0.3, -0.25) is 0 Å². The number of halogens is 2. The van der Waals surface area contributed by atoms with Gasteiger partial charge < -0.3 is 0 Å². The van der Waals surface area contributed by atoms with Crippen LogP contribution in [0.1, 0.15) is 0 Å². The van der Waals surface area contributed by atoms with Gasteiger partial charge in [0.05, 0.1) is 0 Å². The quantitative estimate of drug-likeness (QED) is 0.448. The largest absolute Gasteiger partial charge is 0.203 e. The van der Waals surface area contributed by atoms with Crippen molar-refractivity contribution in [2.24, 2.45) is 0 Å². The number of nitriles is 1. The summed E-state index contributed by atoms with van der Waals surface area (Å²) in [4.78, 5) is 0. The molecule has 0 amide bonds. The molecule has 1 radical (unpaired) electrons. The second-order valence-corrected chi connectivity index (χ2v) is 2.30. The third-order valence-electron chi connectivity index (χ3n) is 0.164. The maximum atomic E-state index is 7.83. The van der Waals surface area contributed by atoms with Crippen LogP contribution in [0.3, 0.4) is 0 Å². The van der Waals surface area contributed by atoms with Gasteiger partial charge in [-0.05, 0) is 6.92 Å². The molecule has 0 saturated heterocycles. The average molecular weight is 123 g/mol. The van der Waals surface area contributed by atoms with E-state index in [0.29, 0.717) is 0 Å². The first kappa shape index (κ1) is 6.07. The lowest BCUT2D eigenvalue weighted by atomic mass is 10.5. The molecule has 6 heavy (non-hydrogen) atoms. The predicted octanol–water partition coefficient (Wildman–Crippen LogP) is 1.52. The summed E-state index contributed by atoms with van der Waals surface area (Å²) < 4.78 is -1.46. The summed E-state index contributed by atoms with van der Waals surface area (Å²) in [5.74, 6) is 0. The average Bonchev–Trinajstić information content (AvgIpc) is 1.35. The fourth-order valence-electron chi connectivity index (χ4n) is 0. The van der Waals surface area contributed by atoms with E-state index < -0.39 is 4.33 Å². The number of hydrogen-bond acceptors (Lipinski definition) is 1. The van der Waals surface area contributed by atoms with E-state index in [-0.39, 0.29) is 0 Å². The Hall–Kier alpha value is 0.0700. The molecule has 1 nitrogen and oxygen atoms in total. The van der Waals surface area contributed by atoms with Crippen LogP contribution in [-0.4, -0.2) is 4.33 Å². The molecule has 0 saturated carbocycles. The van der Waals surface area contributed by atoms with Crippen LogP contribution in [0.25, 0.3) is 0 Å². The van der Waals surface area contributed by atoms with Gasteiger partial charge in [-0.15, -0.1) is 0 Å². The van der Waals surface area contributed by atoms with Crippen LogP contribution in [0.2, 0.25) is 0 Å². The first-order chi connectivity index (χ1) is 2.56. The minimum absolute atomic E-state index is 1.46. The highest BCUT2D eigenvalue weighted by atomic mass is 35.5. The molecule has 3 heteroatoms. The summed E-state index contributed by atoms with van der Waals surface area (Å²) in [7, 11) is 0. The van der Waals surface area contributed by atoms with Gasteiger partial charge in [0.2, 0.25) is 4.33 Å². The van der Waals surface area contributed by atoms with Crippen molar-refractivity contribution in [1.82, 2.24) is 0 Å². The van der Waals surface area contributed by atoms with Crippen LogP contribution in [-0.2, 0) is 0 Å². The van der Waals surface area contributed by atoms with Crippen molar-refractivity contribution >= 4 is 23.2 Å². The smallest absolute Gasteiger partial charge is 0.195 e. The standard InChI is InChI=1S/C3H2Cl2N/c1-3(4,5)2-6/h1H2. The Bertz CT molecular complexity index is 75.8. The minimum Gasteiger partial charge on any atom is -0.195 e. The second kappa shape index (κ2) is 1.68. The fraction of sp³-hybridized carbons (Fsp3) is 0.333. The maximum absolute atomic E-state index is 7.83. The predicted molar refractivity (Wildman–Crippen MR) is 25.4 cm³/mol. The van der Waals surface area contributed by atoms with E-state index in [1.54, 1.807) is 0 Å². The van der Waals surface area contributed by atoms with Crippen LogP contribution in [0.5, 0.6) is 0 Å². The Morgan fingerprint density at radius 1 is 1.67 bits per heavy atom. The SMILES string of the molecule is [CH2]C(Cl)(Cl)C#N. The van der Waals surface area contributed by atoms with Crippen LogP contribution >= 0.6 is 23.2 Å². The maximum Gasteiger partial charge on any atom is 0.203 e. The minimum atomic E-state index is -1.46.